The van der Waals surface area contributed by atoms with Crippen molar-refractivity contribution >= 4 is 17.9 Å². The molecule has 0 aromatic carbocycles. The lowest BCUT2D eigenvalue weighted by Crippen LogP contribution is -2.63. The molecule has 12 nitrogen and oxygen atoms in total. The lowest BCUT2D eigenvalue weighted by atomic mass is 9.94. The van der Waals surface area contributed by atoms with Gasteiger partial charge in [-0.25, -0.2) is 14.4 Å². The second kappa shape index (κ2) is 9.81. The van der Waals surface area contributed by atoms with Crippen molar-refractivity contribution < 1.29 is 58.5 Å². The number of carbonyl (C=O) groups excluding carboxylic acids is 1. The summed E-state index contributed by atoms with van der Waals surface area (Å²) in [6.07, 6.45) is -12.9. The minimum Gasteiger partial charge on any atom is -0.479 e. The first-order valence-corrected chi connectivity index (χ1v) is 9.15. The van der Waals surface area contributed by atoms with Crippen molar-refractivity contribution in [3.05, 3.63) is 12.2 Å². The minimum absolute atomic E-state index is 0.00480. The average molecular weight is 434 g/mol. The van der Waals surface area contributed by atoms with Gasteiger partial charge in [0.2, 0.25) is 0 Å². The van der Waals surface area contributed by atoms with Crippen molar-refractivity contribution in [1.29, 1.82) is 0 Å². The Morgan fingerprint density at radius 3 is 2.07 bits per heavy atom. The Morgan fingerprint density at radius 2 is 1.57 bits per heavy atom. The first-order valence-electron chi connectivity index (χ1n) is 9.15. The topological polar surface area (TPSA) is 178 Å². The molecule has 0 radical (unpaired) electrons. The maximum atomic E-state index is 12.0. The molecule has 9 atom stereocenters. The number of aliphatic hydroxyl groups is 2. The highest BCUT2D eigenvalue weighted by atomic mass is 16.7. The number of carboxylic acid groups (broad SMARTS) is 2. The molecule has 0 amide bonds. The summed E-state index contributed by atoms with van der Waals surface area (Å²) in [7, 11) is 1.20. The van der Waals surface area contributed by atoms with Crippen LogP contribution in [0.5, 0.6) is 0 Å². The van der Waals surface area contributed by atoms with E-state index in [1.807, 2.05) is 0 Å². The van der Waals surface area contributed by atoms with E-state index >= 15 is 0 Å². The van der Waals surface area contributed by atoms with Crippen LogP contribution in [0.3, 0.4) is 0 Å². The lowest BCUT2D eigenvalue weighted by Gasteiger charge is -2.44. The third kappa shape index (κ3) is 5.14. The first kappa shape index (κ1) is 24.2. The van der Waals surface area contributed by atoms with Gasteiger partial charge >= 0.3 is 17.9 Å². The maximum absolute atomic E-state index is 12.0. The number of ether oxygens (including phenoxy) is 5. The van der Waals surface area contributed by atoms with Gasteiger partial charge < -0.3 is 44.1 Å². The summed E-state index contributed by atoms with van der Waals surface area (Å²) in [5.74, 6) is -3.78. The van der Waals surface area contributed by atoms with Crippen LogP contribution in [-0.4, -0.2) is 101 Å². The molecule has 0 aliphatic carbocycles. The summed E-state index contributed by atoms with van der Waals surface area (Å²) < 4.78 is 26.3. The summed E-state index contributed by atoms with van der Waals surface area (Å²) in [5.41, 5.74) is 0.00480. The fraction of sp³-hybridized carbons (Fsp3) is 0.722. The SMILES string of the molecule is C=C(C)C(=O)OC1C(O)C(C)OC(C(=O)O)C1OC1CC(O)C(OC)C(C(=O)O)O1. The van der Waals surface area contributed by atoms with Crippen LogP contribution in [0.1, 0.15) is 20.3 Å². The Labute approximate surface area is 171 Å². The van der Waals surface area contributed by atoms with Gasteiger partial charge in [-0.05, 0) is 13.8 Å². The number of methoxy groups -OCH3 is 1. The van der Waals surface area contributed by atoms with Crippen molar-refractivity contribution in [1.82, 2.24) is 0 Å². The summed E-state index contributed by atoms with van der Waals surface area (Å²) in [4.78, 5) is 35.2. The molecular weight excluding hydrogens is 408 g/mol. The molecule has 2 saturated heterocycles. The number of aliphatic hydroxyl groups excluding tert-OH is 2. The minimum atomic E-state index is -1.67. The van der Waals surface area contributed by atoms with Gasteiger partial charge in [0.25, 0.3) is 0 Å². The van der Waals surface area contributed by atoms with Crippen LogP contribution < -0.4 is 0 Å². The zero-order chi connectivity index (χ0) is 22.7. The van der Waals surface area contributed by atoms with E-state index < -0.39 is 73.0 Å². The molecule has 170 valence electrons. The van der Waals surface area contributed by atoms with Crippen LogP contribution in [0.15, 0.2) is 12.2 Å². The number of hydrogen-bond donors (Lipinski definition) is 4. The second-order valence-corrected chi connectivity index (χ2v) is 7.17. The molecule has 9 unspecified atom stereocenters. The molecule has 2 rings (SSSR count). The van der Waals surface area contributed by atoms with Gasteiger partial charge in [0.05, 0.1) is 12.2 Å². The van der Waals surface area contributed by atoms with Crippen LogP contribution in [0.25, 0.3) is 0 Å². The molecule has 12 heteroatoms. The zero-order valence-corrected chi connectivity index (χ0v) is 16.7. The number of rotatable bonds is 7. The van der Waals surface area contributed by atoms with Gasteiger partial charge in [-0.1, -0.05) is 6.58 Å². The molecule has 30 heavy (non-hydrogen) atoms. The van der Waals surface area contributed by atoms with Crippen LogP contribution >= 0.6 is 0 Å². The number of carboxylic acids is 2. The molecule has 0 saturated carbocycles. The largest absolute Gasteiger partial charge is 0.479 e. The number of esters is 1. The number of hydrogen-bond acceptors (Lipinski definition) is 10. The monoisotopic (exact) mass is 434 g/mol. The highest BCUT2D eigenvalue weighted by Gasteiger charge is 2.52. The van der Waals surface area contributed by atoms with E-state index in [2.05, 4.69) is 6.58 Å². The van der Waals surface area contributed by atoms with E-state index in [9.17, 15) is 34.8 Å². The summed E-state index contributed by atoms with van der Waals surface area (Å²) >= 11 is 0. The first-order chi connectivity index (χ1) is 14.0. The van der Waals surface area contributed by atoms with Gasteiger partial charge in [0.15, 0.2) is 24.6 Å². The molecule has 0 spiro atoms. The maximum Gasteiger partial charge on any atom is 0.335 e. The summed E-state index contributed by atoms with van der Waals surface area (Å²) in [6, 6.07) is 0. The lowest BCUT2D eigenvalue weighted by molar-refractivity contribution is -0.307. The molecule has 2 aliphatic rings. The van der Waals surface area contributed by atoms with Crippen LogP contribution in [0, 0.1) is 0 Å². The highest BCUT2D eigenvalue weighted by molar-refractivity contribution is 5.87. The normalized spacial score (nSPS) is 39.2. The standard InChI is InChI=1S/C18H26O12/c1-6(2)18(25)30-12-10(20)7(3)27-15(17(23)24)13(12)28-9-5-8(19)11(26-4)14(29-9)16(21)22/h7-15,19-20H,1,5H2,2-4H3,(H,21,22)(H,23,24). The Balaban J connectivity index is 2.30. The van der Waals surface area contributed by atoms with E-state index in [0.29, 0.717) is 0 Å². The molecular formula is C18H26O12. The predicted molar refractivity (Wildman–Crippen MR) is 95.3 cm³/mol. The van der Waals surface area contributed by atoms with E-state index in [4.69, 9.17) is 23.7 Å². The molecule has 2 heterocycles. The van der Waals surface area contributed by atoms with Gasteiger partial charge in [-0.3, -0.25) is 0 Å². The summed E-state index contributed by atoms with van der Waals surface area (Å²) in [6.45, 7) is 6.19. The van der Waals surface area contributed by atoms with Crippen LogP contribution in [0.2, 0.25) is 0 Å². The zero-order valence-electron chi connectivity index (χ0n) is 16.7. The molecule has 2 fully saturated rings. The number of carbonyl (C=O) groups is 3. The Bertz CT molecular complexity index is 678. The third-order valence-electron chi connectivity index (χ3n) is 4.87. The van der Waals surface area contributed by atoms with Crippen molar-refractivity contribution in [2.45, 2.75) is 75.4 Å². The van der Waals surface area contributed by atoms with E-state index in [1.54, 1.807) is 0 Å². The van der Waals surface area contributed by atoms with Crippen molar-refractivity contribution in [2.24, 2.45) is 0 Å². The Kier molecular flexibility index (Phi) is 7.91. The van der Waals surface area contributed by atoms with Gasteiger partial charge in [-0.2, -0.15) is 0 Å². The van der Waals surface area contributed by atoms with E-state index in [-0.39, 0.29) is 12.0 Å². The van der Waals surface area contributed by atoms with E-state index in [0.717, 1.165) is 0 Å². The summed E-state index contributed by atoms with van der Waals surface area (Å²) in [5, 5.41) is 39.5. The van der Waals surface area contributed by atoms with E-state index in [1.165, 1.54) is 21.0 Å². The third-order valence-corrected chi connectivity index (χ3v) is 4.87. The van der Waals surface area contributed by atoms with Gasteiger partial charge in [0, 0.05) is 19.1 Å². The molecule has 2 aliphatic heterocycles. The average Bonchev–Trinajstić information content (AvgIpc) is 2.66. The quantitative estimate of drug-likeness (QED) is 0.274. The van der Waals surface area contributed by atoms with Crippen LogP contribution in [-0.2, 0) is 38.1 Å². The second-order valence-electron chi connectivity index (χ2n) is 7.17. The molecule has 4 N–H and O–H groups in total. The molecule has 0 bridgehead atoms. The molecule has 0 aromatic heterocycles. The van der Waals surface area contributed by atoms with Crippen molar-refractivity contribution in [2.75, 3.05) is 7.11 Å². The Morgan fingerprint density at radius 1 is 1.00 bits per heavy atom. The predicted octanol–water partition coefficient (Wildman–Crippen LogP) is -1.33. The van der Waals surface area contributed by atoms with Crippen LogP contribution in [0.4, 0.5) is 0 Å². The van der Waals surface area contributed by atoms with Crippen molar-refractivity contribution in [3.63, 3.8) is 0 Å². The van der Waals surface area contributed by atoms with Gasteiger partial charge in [0.1, 0.15) is 18.3 Å². The fourth-order valence-corrected chi connectivity index (χ4v) is 3.30. The smallest absolute Gasteiger partial charge is 0.335 e. The highest BCUT2D eigenvalue weighted by Crippen LogP contribution is 2.31. The fourth-order valence-electron chi connectivity index (χ4n) is 3.30. The molecule has 0 aromatic rings. The van der Waals surface area contributed by atoms with Crippen molar-refractivity contribution in [3.8, 4) is 0 Å². The number of aliphatic carboxylic acids is 2. The van der Waals surface area contributed by atoms with Gasteiger partial charge in [-0.15, -0.1) is 0 Å². The Hall–Kier alpha value is -2.09.